The molecule has 4 N–H and O–H groups in total. The van der Waals surface area contributed by atoms with Gasteiger partial charge < -0.3 is 16.4 Å². The lowest BCUT2D eigenvalue weighted by molar-refractivity contribution is -0.123. The Balaban J connectivity index is 2.35. The van der Waals surface area contributed by atoms with Gasteiger partial charge in [0, 0.05) is 19.5 Å². The van der Waals surface area contributed by atoms with Gasteiger partial charge in [-0.1, -0.05) is 30.3 Å². The van der Waals surface area contributed by atoms with Gasteiger partial charge in [-0.05, 0) is 12.5 Å². The van der Waals surface area contributed by atoms with Gasteiger partial charge in [0.2, 0.25) is 11.8 Å². The molecular weight excluding hydrogens is 230 g/mol. The minimum absolute atomic E-state index is 0.0777. The number of hydrogen-bond donors (Lipinski definition) is 3. The Hall–Kier alpha value is -1.88. The molecule has 5 nitrogen and oxygen atoms in total. The third-order valence-electron chi connectivity index (χ3n) is 2.47. The molecule has 18 heavy (non-hydrogen) atoms. The van der Waals surface area contributed by atoms with E-state index in [4.69, 9.17) is 5.73 Å². The van der Waals surface area contributed by atoms with Gasteiger partial charge >= 0.3 is 0 Å². The molecule has 1 rings (SSSR count). The average Bonchev–Trinajstić information content (AvgIpc) is 2.39. The SMILES string of the molecule is CCNC(=O)CCNC(=O)[C@H](N)c1ccccc1. The van der Waals surface area contributed by atoms with E-state index < -0.39 is 6.04 Å². The van der Waals surface area contributed by atoms with Crippen molar-refractivity contribution in [3.63, 3.8) is 0 Å². The first-order valence-corrected chi connectivity index (χ1v) is 6.00. The van der Waals surface area contributed by atoms with Crippen molar-refractivity contribution < 1.29 is 9.59 Å². The summed E-state index contributed by atoms with van der Waals surface area (Å²) < 4.78 is 0. The first kappa shape index (κ1) is 14.2. The molecule has 1 aromatic carbocycles. The highest BCUT2D eigenvalue weighted by Gasteiger charge is 2.14. The summed E-state index contributed by atoms with van der Waals surface area (Å²) in [6, 6.07) is 8.43. The summed E-state index contributed by atoms with van der Waals surface area (Å²) >= 11 is 0. The topological polar surface area (TPSA) is 84.2 Å². The Morgan fingerprint density at radius 1 is 1.22 bits per heavy atom. The van der Waals surface area contributed by atoms with E-state index in [-0.39, 0.29) is 18.2 Å². The van der Waals surface area contributed by atoms with Crippen LogP contribution in [0.4, 0.5) is 0 Å². The highest BCUT2D eigenvalue weighted by Crippen LogP contribution is 2.08. The van der Waals surface area contributed by atoms with E-state index in [9.17, 15) is 9.59 Å². The first-order valence-electron chi connectivity index (χ1n) is 6.00. The maximum atomic E-state index is 11.7. The van der Waals surface area contributed by atoms with Crippen molar-refractivity contribution in [3.05, 3.63) is 35.9 Å². The summed E-state index contributed by atoms with van der Waals surface area (Å²) in [7, 11) is 0. The maximum Gasteiger partial charge on any atom is 0.241 e. The van der Waals surface area contributed by atoms with Crippen molar-refractivity contribution in [1.82, 2.24) is 10.6 Å². The summed E-state index contributed by atoms with van der Waals surface area (Å²) in [5.74, 6) is -0.350. The molecule has 0 aliphatic carbocycles. The minimum Gasteiger partial charge on any atom is -0.356 e. The van der Waals surface area contributed by atoms with Gasteiger partial charge in [0.1, 0.15) is 6.04 Å². The molecule has 0 saturated carbocycles. The van der Waals surface area contributed by atoms with Crippen molar-refractivity contribution >= 4 is 11.8 Å². The molecule has 0 aliphatic rings. The van der Waals surface area contributed by atoms with Crippen LogP contribution < -0.4 is 16.4 Å². The van der Waals surface area contributed by atoms with E-state index in [1.807, 2.05) is 25.1 Å². The number of nitrogens with two attached hydrogens (primary N) is 1. The van der Waals surface area contributed by atoms with Crippen LogP contribution in [0, 0.1) is 0 Å². The lowest BCUT2D eigenvalue weighted by atomic mass is 10.1. The average molecular weight is 249 g/mol. The molecule has 1 atom stereocenters. The van der Waals surface area contributed by atoms with E-state index in [1.165, 1.54) is 0 Å². The molecule has 0 bridgehead atoms. The van der Waals surface area contributed by atoms with Gasteiger partial charge in [-0.15, -0.1) is 0 Å². The Kier molecular flexibility index (Phi) is 5.87. The molecular formula is C13H19N3O2. The zero-order valence-corrected chi connectivity index (χ0v) is 10.5. The third-order valence-corrected chi connectivity index (χ3v) is 2.47. The van der Waals surface area contributed by atoms with Crippen LogP contribution in [0.2, 0.25) is 0 Å². The molecule has 0 spiro atoms. The van der Waals surface area contributed by atoms with Gasteiger partial charge in [-0.2, -0.15) is 0 Å². The minimum atomic E-state index is -0.694. The van der Waals surface area contributed by atoms with Crippen molar-refractivity contribution in [2.45, 2.75) is 19.4 Å². The van der Waals surface area contributed by atoms with Crippen molar-refractivity contribution in [2.75, 3.05) is 13.1 Å². The van der Waals surface area contributed by atoms with Crippen molar-refractivity contribution in [3.8, 4) is 0 Å². The lowest BCUT2D eigenvalue weighted by Crippen LogP contribution is -2.36. The number of amides is 2. The molecule has 98 valence electrons. The quantitative estimate of drug-likeness (QED) is 0.679. The van der Waals surface area contributed by atoms with Gasteiger partial charge in [-0.25, -0.2) is 0 Å². The predicted octanol–water partition coefficient (Wildman–Crippen LogP) is 0.329. The number of carbonyl (C=O) groups is 2. The number of hydrogen-bond acceptors (Lipinski definition) is 3. The van der Waals surface area contributed by atoms with E-state index >= 15 is 0 Å². The van der Waals surface area contributed by atoms with Crippen LogP contribution in [0.5, 0.6) is 0 Å². The highest BCUT2D eigenvalue weighted by atomic mass is 16.2. The fraction of sp³-hybridized carbons (Fsp3) is 0.385. The number of rotatable bonds is 6. The van der Waals surface area contributed by atoms with Gasteiger partial charge in [-0.3, -0.25) is 9.59 Å². The summed E-state index contributed by atoms with van der Waals surface area (Å²) in [6.07, 6.45) is 0.265. The molecule has 0 radical (unpaired) electrons. The molecule has 0 heterocycles. The fourth-order valence-electron chi connectivity index (χ4n) is 1.51. The maximum absolute atomic E-state index is 11.7. The molecule has 0 aromatic heterocycles. The van der Waals surface area contributed by atoms with Crippen LogP contribution in [-0.2, 0) is 9.59 Å². The van der Waals surface area contributed by atoms with Crippen LogP contribution in [0.1, 0.15) is 24.9 Å². The first-order chi connectivity index (χ1) is 8.65. The van der Waals surface area contributed by atoms with Crippen LogP contribution in [0.15, 0.2) is 30.3 Å². The van der Waals surface area contributed by atoms with Crippen molar-refractivity contribution in [2.24, 2.45) is 5.73 Å². The van der Waals surface area contributed by atoms with E-state index in [1.54, 1.807) is 12.1 Å². The second kappa shape index (κ2) is 7.45. The standard InChI is InChI=1S/C13H19N3O2/c1-2-15-11(17)8-9-16-13(18)12(14)10-6-4-3-5-7-10/h3-7,12H,2,8-9,14H2,1H3,(H,15,17)(H,16,18)/t12-/m1/s1. The lowest BCUT2D eigenvalue weighted by Gasteiger charge is -2.12. The number of benzene rings is 1. The van der Waals surface area contributed by atoms with E-state index in [0.717, 1.165) is 5.56 Å². The summed E-state index contributed by atoms with van der Waals surface area (Å²) in [5.41, 5.74) is 6.56. The second-order valence-electron chi connectivity index (χ2n) is 3.88. The largest absolute Gasteiger partial charge is 0.356 e. The normalized spacial score (nSPS) is 11.7. The molecule has 0 unspecified atom stereocenters. The Morgan fingerprint density at radius 2 is 1.89 bits per heavy atom. The Labute approximate surface area is 107 Å². The van der Waals surface area contributed by atoms with Crippen LogP contribution in [0.3, 0.4) is 0 Å². The van der Waals surface area contributed by atoms with Gasteiger partial charge in [0.15, 0.2) is 0 Å². The smallest absolute Gasteiger partial charge is 0.241 e. The molecule has 0 aliphatic heterocycles. The summed E-state index contributed by atoms with van der Waals surface area (Å²) in [5, 5.41) is 5.30. The Bertz CT molecular complexity index is 392. The molecule has 0 saturated heterocycles. The number of carbonyl (C=O) groups excluding carboxylic acids is 2. The van der Waals surface area contributed by atoms with Crippen molar-refractivity contribution in [1.29, 1.82) is 0 Å². The van der Waals surface area contributed by atoms with E-state index in [0.29, 0.717) is 13.1 Å². The molecule has 2 amide bonds. The van der Waals surface area contributed by atoms with Crippen LogP contribution in [0.25, 0.3) is 0 Å². The molecule has 0 fully saturated rings. The second-order valence-corrected chi connectivity index (χ2v) is 3.88. The van der Waals surface area contributed by atoms with Gasteiger partial charge in [0.05, 0.1) is 0 Å². The fourth-order valence-corrected chi connectivity index (χ4v) is 1.51. The highest BCUT2D eigenvalue weighted by molar-refractivity contribution is 5.83. The predicted molar refractivity (Wildman–Crippen MR) is 69.7 cm³/mol. The monoisotopic (exact) mass is 249 g/mol. The summed E-state index contributed by atoms with van der Waals surface area (Å²) in [6.45, 7) is 2.74. The Morgan fingerprint density at radius 3 is 2.50 bits per heavy atom. The van der Waals surface area contributed by atoms with Crippen LogP contribution >= 0.6 is 0 Å². The zero-order valence-electron chi connectivity index (χ0n) is 10.5. The molecule has 5 heteroatoms. The van der Waals surface area contributed by atoms with Crippen LogP contribution in [-0.4, -0.2) is 24.9 Å². The van der Waals surface area contributed by atoms with Gasteiger partial charge in [0.25, 0.3) is 0 Å². The third kappa shape index (κ3) is 4.55. The van der Waals surface area contributed by atoms with E-state index in [2.05, 4.69) is 10.6 Å². The number of nitrogens with one attached hydrogen (secondary N) is 2. The zero-order chi connectivity index (χ0) is 13.4. The molecule has 1 aromatic rings. The summed E-state index contributed by atoms with van der Waals surface area (Å²) in [4.78, 5) is 22.9.